The van der Waals surface area contributed by atoms with Crippen molar-refractivity contribution in [2.75, 3.05) is 24.2 Å². The molecule has 1 saturated carbocycles. The zero-order valence-electron chi connectivity index (χ0n) is 22.9. The Labute approximate surface area is 236 Å². The molecular formula is C30H31F2N5O4. The van der Waals surface area contributed by atoms with Crippen LogP contribution in [0.4, 0.5) is 20.3 Å². The fraction of sp³-hybridized carbons (Fsp3) is 0.367. The van der Waals surface area contributed by atoms with Gasteiger partial charge in [0.25, 0.3) is 5.91 Å². The van der Waals surface area contributed by atoms with Crippen molar-refractivity contribution < 1.29 is 27.9 Å². The van der Waals surface area contributed by atoms with E-state index in [9.17, 15) is 23.2 Å². The van der Waals surface area contributed by atoms with E-state index >= 15 is 0 Å². The Kier molecular flexibility index (Phi) is 7.96. The summed E-state index contributed by atoms with van der Waals surface area (Å²) in [5.74, 6) is -1.94. The number of Topliss-reactive ketones (excluding diaryl/α,β-unsaturated/α-hetero) is 1. The standard InChI is InChI=1S/C30H31F2N5O4/c1-3-21(38)13-26(39)37-9-8-20(37)14-41-28-27(34-15-35-29(28)33)23-11-19(31)12-25(16(23)2)36-30(40)22-7-6-18(10-24(22)32)17-4-5-17/h6-7,10-12,15,17,20H,3-5,8-9,13-14H2,1-2H3,(H,36,40)(H2,33,34,35)/t20-/m0/s1. The lowest BCUT2D eigenvalue weighted by atomic mass is 10.0. The molecule has 11 heteroatoms. The number of nitrogen functional groups attached to an aromatic ring is 1. The zero-order chi connectivity index (χ0) is 29.3. The second kappa shape index (κ2) is 11.6. The van der Waals surface area contributed by atoms with Gasteiger partial charge in [-0.1, -0.05) is 13.0 Å². The number of likely N-dealkylation sites (tertiary alicyclic amines) is 1. The average molecular weight is 564 g/mol. The summed E-state index contributed by atoms with van der Waals surface area (Å²) < 4.78 is 35.6. The lowest BCUT2D eigenvalue weighted by Crippen LogP contribution is -2.54. The highest BCUT2D eigenvalue weighted by atomic mass is 19.1. The number of hydrogen-bond donors (Lipinski definition) is 2. The van der Waals surface area contributed by atoms with Crippen LogP contribution in [0, 0.1) is 18.6 Å². The highest BCUT2D eigenvalue weighted by Gasteiger charge is 2.34. The van der Waals surface area contributed by atoms with Crippen molar-refractivity contribution in [1.29, 1.82) is 0 Å². The first-order valence-corrected chi connectivity index (χ1v) is 13.6. The van der Waals surface area contributed by atoms with E-state index in [1.807, 2.05) is 0 Å². The van der Waals surface area contributed by atoms with Crippen LogP contribution in [0.15, 0.2) is 36.7 Å². The average Bonchev–Trinajstić information content (AvgIpc) is 3.76. The van der Waals surface area contributed by atoms with Gasteiger partial charge in [0.2, 0.25) is 5.91 Å². The maximum Gasteiger partial charge on any atom is 0.258 e. The highest BCUT2D eigenvalue weighted by molar-refractivity contribution is 6.05. The van der Waals surface area contributed by atoms with Crippen molar-refractivity contribution in [3.05, 3.63) is 65.0 Å². The third-order valence-corrected chi connectivity index (χ3v) is 7.62. The quantitative estimate of drug-likeness (QED) is 0.340. The number of aromatic nitrogens is 2. The van der Waals surface area contributed by atoms with Gasteiger partial charge in [0.05, 0.1) is 18.0 Å². The molecule has 0 bridgehead atoms. The number of ether oxygens (including phenoxy) is 1. The maximum absolute atomic E-state index is 14.8. The van der Waals surface area contributed by atoms with Crippen molar-refractivity contribution >= 4 is 29.1 Å². The van der Waals surface area contributed by atoms with Crippen LogP contribution < -0.4 is 15.8 Å². The molecule has 41 heavy (non-hydrogen) atoms. The molecule has 0 spiro atoms. The fourth-order valence-corrected chi connectivity index (χ4v) is 4.87. The van der Waals surface area contributed by atoms with E-state index in [4.69, 9.17) is 10.5 Å². The Hall–Kier alpha value is -4.41. The van der Waals surface area contributed by atoms with Gasteiger partial charge in [-0.15, -0.1) is 0 Å². The summed E-state index contributed by atoms with van der Waals surface area (Å²) in [5.41, 5.74) is 7.91. The number of carbonyl (C=O) groups is 3. The van der Waals surface area contributed by atoms with Crippen LogP contribution in [0.5, 0.6) is 5.75 Å². The highest BCUT2D eigenvalue weighted by Crippen LogP contribution is 2.41. The normalized spacial score (nSPS) is 16.2. The van der Waals surface area contributed by atoms with Crippen molar-refractivity contribution in [2.24, 2.45) is 0 Å². The van der Waals surface area contributed by atoms with Gasteiger partial charge in [-0.3, -0.25) is 14.4 Å². The third-order valence-electron chi connectivity index (χ3n) is 7.62. The predicted octanol–water partition coefficient (Wildman–Crippen LogP) is 4.79. The number of carbonyl (C=O) groups excluding carboxylic acids is 3. The number of benzene rings is 2. The van der Waals surface area contributed by atoms with Crippen molar-refractivity contribution in [3.63, 3.8) is 0 Å². The van der Waals surface area contributed by atoms with Gasteiger partial charge in [0.15, 0.2) is 11.6 Å². The summed E-state index contributed by atoms with van der Waals surface area (Å²) in [6.45, 7) is 3.97. The number of amides is 2. The number of anilines is 2. The molecule has 2 fully saturated rings. The molecule has 0 radical (unpaired) electrons. The topological polar surface area (TPSA) is 128 Å². The molecule has 2 amide bonds. The molecule has 1 saturated heterocycles. The van der Waals surface area contributed by atoms with Crippen LogP contribution in [0.2, 0.25) is 0 Å². The van der Waals surface area contributed by atoms with Crippen molar-refractivity contribution in [1.82, 2.24) is 14.9 Å². The number of ketones is 1. The Bertz CT molecular complexity index is 1520. The van der Waals surface area contributed by atoms with Gasteiger partial charge >= 0.3 is 0 Å². The van der Waals surface area contributed by atoms with Gasteiger partial charge in [0.1, 0.15) is 36.0 Å². The molecule has 1 aliphatic heterocycles. The largest absolute Gasteiger partial charge is 0.485 e. The molecule has 3 aromatic rings. The van der Waals surface area contributed by atoms with Crippen LogP contribution in [0.25, 0.3) is 11.3 Å². The molecule has 5 rings (SSSR count). The molecule has 2 aliphatic rings. The minimum atomic E-state index is -0.709. The van der Waals surface area contributed by atoms with Crippen LogP contribution in [0.3, 0.4) is 0 Å². The van der Waals surface area contributed by atoms with Crippen molar-refractivity contribution in [2.45, 2.75) is 57.9 Å². The molecule has 1 aliphatic carbocycles. The molecule has 1 atom stereocenters. The molecule has 3 N–H and O–H groups in total. The number of halogens is 2. The molecular weight excluding hydrogens is 532 g/mol. The Morgan fingerprint density at radius 2 is 1.90 bits per heavy atom. The van der Waals surface area contributed by atoms with Crippen LogP contribution in [-0.2, 0) is 9.59 Å². The van der Waals surface area contributed by atoms with Gasteiger partial charge in [0, 0.05) is 24.2 Å². The van der Waals surface area contributed by atoms with E-state index in [-0.39, 0.29) is 59.3 Å². The number of nitrogens with zero attached hydrogens (tertiary/aromatic N) is 3. The summed E-state index contributed by atoms with van der Waals surface area (Å²) in [6.07, 6.45) is 4.05. The lowest BCUT2D eigenvalue weighted by molar-refractivity contribution is -0.142. The Balaban J connectivity index is 1.36. The first-order valence-electron chi connectivity index (χ1n) is 13.6. The second-order valence-corrected chi connectivity index (χ2v) is 10.4. The lowest BCUT2D eigenvalue weighted by Gasteiger charge is -2.40. The number of rotatable bonds is 10. The van der Waals surface area contributed by atoms with E-state index < -0.39 is 17.5 Å². The molecule has 0 unspecified atom stereocenters. The Morgan fingerprint density at radius 3 is 2.56 bits per heavy atom. The van der Waals surface area contributed by atoms with E-state index in [0.717, 1.165) is 24.5 Å². The molecule has 2 heterocycles. The summed E-state index contributed by atoms with van der Waals surface area (Å²) >= 11 is 0. The smallest absolute Gasteiger partial charge is 0.258 e. The monoisotopic (exact) mass is 563 g/mol. The minimum absolute atomic E-state index is 0.0143. The van der Waals surface area contributed by atoms with E-state index in [0.29, 0.717) is 36.4 Å². The molecule has 9 nitrogen and oxygen atoms in total. The number of nitrogens with two attached hydrogens (primary N) is 1. The minimum Gasteiger partial charge on any atom is -0.485 e. The van der Waals surface area contributed by atoms with Gasteiger partial charge < -0.3 is 20.7 Å². The molecule has 2 aromatic carbocycles. The van der Waals surface area contributed by atoms with Gasteiger partial charge in [-0.25, -0.2) is 18.7 Å². The number of nitrogens with one attached hydrogen (secondary N) is 1. The maximum atomic E-state index is 14.8. The fourth-order valence-electron chi connectivity index (χ4n) is 4.87. The van der Waals surface area contributed by atoms with Crippen LogP contribution in [-0.4, -0.2) is 51.7 Å². The van der Waals surface area contributed by atoms with Crippen molar-refractivity contribution in [3.8, 4) is 17.0 Å². The van der Waals surface area contributed by atoms with E-state index in [2.05, 4.69) is 15.3 Å². The first-order chi connectivity index (χ1) is 19.7. The van der Waals surface area contributed by atoms with Crippen LogP contribution in [0.1, 0.15) is 66.4 Å². The molecule has 214 valence electrons. The van der Waals surface area contributed by atoms with E-state index in [1.54, 1.807) is 24.8 Å². The summed E-state index contributed by atoms with van der Waals surface area (Å²) in [5, 5.41) is 2.62. The van der Waals surface area contributed by atoms with E-state index in [1.165, 1.54) is 24.5 Å². The first kappa shape index (κ1) is 28.1. The Morgan fingerprint density at radius 1 is 1.12 bits per heavy atom. The summed E-state index contributed by atoms with van der Waals surface area (Å²) in [4.78, 5) is 47.0. The number of hydrogen-bond acceptors (Lipinski definition) is 7. The third kappa shape index (κ3) is 6.03. The summed E-state index contributed by atoms with van der Waals surface area (Å²) in [6, 6.07) is 6.68. The predicted molar refractivity (Wildman–Crippen MR) is 148 cm³/mol. The summed E-state index contributed by atoms with van der Waals surface area (Å²) in [7, 11) is 0. The second-order valence-electron chi connectivity index (χ2n) is 10.4. The van der Waals surface area contributed by atoms with Crippen LogP contribution >= 0.6 is 0 Å². The molecule has 1 aromatic heterocycles. The van der Waals surface area contributed by atoms with Gasteiger partial charge in [-0.2, -0.15) is 0 Å². The van der Waals surface area contributed by atoms with Gasteiger partial charge in [-0.05, 0) is 67.5 Å². The zero-order valence-corrected chi connectivity index (χ0v) is 22.9. The SMILES string of the molecule is CCC(=O)CC(=O)N1CC[C@H]1COc1c(N)ncnc1-c1cc(F)cc(NC(=O)c2ccc(C3CC3)cc2F)c1C.